The first-order valence-corrected chi connectivity index (χ1v) is 3.53. The molecule has 0 unspecified atom stereocenters. The van der Waals surface area contributed by atoms with Gasteiger partial charge in [-0.15, -0.1) is 6.42 Å². The van der Waals surface area contributed by atoms with Crippen molar-refractivity contribution >= 4 is 0 Å². The van der Waals surface area contributed by atoms with Gasteiger partial charge in [0.15, 0.2) is 5.76 Å². The summed E-state index contributed by atoms with van der Waals surface area (Å²) in [7, 11) is 0. The van der Waals surface area contributed by atoms with Gasteiger partial charge in [0.1, 0.15) is 0 Å². The predicted octanol–water partition coefficient (Wildman–Crippen LogP) is 2.09. The highest BCUT2D eigenvalue weighted by atomic mass is 16.3. The zero-order chi connectivity index (χ0) is 9.56. The van der Waals surface area contributed by atoms with Gasteiger partial charge in [-0.25, -0.2) is 0 Å². The van der Waals surface area contributed by atoms with E-state index in [1.807, 2.05) is 13.8 Å². The van der Waals surface area contributed by atoms with Crippen molar-refractivity contribution in [3.8, 4) is 12.3 Å². The summed E-state index contributed by atoms with van der Waals surface area (Å²) in [5.41, 5.74) is 1.72. The lowest BCUT2D eigenvalue weighted by Gasteiger charge is -2.02. The van der Waals surface area contributed by atoms with Crippen molar-refractivity contribution in [3.05, 3.63) is 35.9 Å². The zero-order valence-corrected chi connectivity index (χ0v) is 7.39. The molecule has 0 aromatic carbocycles. The van der Waals surface area contributed by atoms with Crippen molar-refractivity contribution < 1.29 is 5.11 Å². The van der Waals surface area contributed by atoms with Gasteiger partial charge in [-0.05, 0) is 31.9 Å². The lowest BCUT2D eigenvalue weighted by atomic mass is 10.3. The number of rotatable bonds is 3. The van der Waals surface area contributed by atoms with Crippen LogP contribution in [-0.2, 0) is 0 Å². The number of terminal acetylenes is 1. The molecule has 0 rings (SSSR count). The largest absolute Gasteiger partial charge is 0.501 e. The van der Waals surface area contributed by atoms with E-state index in [0.717, 1.165) is 11.4 Å². The second kappa shape index (κ2) is 5.09. The fraction of sp³-hybridized carbons (Fsp3) is 0.200. The fourth-order valence-electron chi connectivity index (χ4n) is 0.630. The van der Waals surface area contributed by atoms with Crippen LogP contribution in [0.15, 0.2) is 35.9 Å². The number of allylic oxidation sites excluding steroid dienone is 5. The number of hydrogen-bond donors (Lipinski definition) is 2. The third kappa shape index (κ3) is 5.19. The van der Waals surface area contributed by atoms with Gasteiger partial charge in [0.05, 0.1) is 0 Å². The van der Waals surface area contributed by atoms with Crippen LogP contribution in [0.4, 0.5) is 0 Å². The molecule has 0 saturated heterocycles. The Morgan fingerprint density at radius 3 is 2.50 bits per heavy atom. The summed E-state index contributed by atoms with van der Waals surface area (Å²) in [6.45, 7) is 7.37. The first-order valence-electron chi connectivity index (χ1n) is 3.53. The van der Waals surface area contributed by atoms with E-state index in [9.17, 15) is 0 Å². The van der Waals surface area contributed by atoms with E-state index in [-0.39, 0.29) is 5.76 Å². The van der Waals surface area contributed by atoms with Crippen LogP contribution >= 0.6 is 0 Å². The van der Waals surface area contributed by atoms with E-state index in [2.05, 4.69) is 17.8 Å². The summed E-state index contributed by atoms with van der Waals surface area (Å²) in [5, 5.41) is 11.8. The van der Waals surface area contributed by atoms with Crippen LogP contribution in [0.25, 0.3) is 0 Å². The van der Waals surface area contributed by atoms with Crippen molar-refractivity contribution in [3.63, 3.8) is 0 Å². The maximum Gasteiger partial charge on any atom is 0.166 e. The van der Waals surface area contributed by atoms with Crippen molar-refractivity contribution in [2.75, 3.05) is 0 Å². The minimum absolute atomic E-state index is 0.0853. The molecule has 0 aromatic heterocycles. The molecule has 0 atom stereocenters. The van der Waals surface area contributed by atoms with E-state index in [1.165, 1.54) is 6.08 Å². The minimum atomic E-state index is -0.0853. The van der Waals surface area contributed by atoms with Crippen LogP contribution in [-0.4, -0.2) is 5.11 Å². The summed E-state index contributed by atoms with van der Waals surface area (Å²) in [4.78, 5) is 0. The Bertz CT molecular complexity index is 266. The summed E-state index contributed by atoms with van der Waals surface area (Å²) < 4.78 is 0. The van der Waals surface area contributed by atoms with Crippen molar-refractivity contribution in [1.29, 1.82) is 0 Å². The van der Waals surface area contributed by atoms with Crippen molar-refractivity contribution in [1.82, 2.24) is 5.32 Å². The van der Waals surface area contributed by atoms with Gasteiger partial charge < -0.3 is 10.4 Å². The Kier molecular flexibility index (Phi) is 4.40. The highest BCUT2D eigenvalue weighted by Gasteiger charge is 1.85. The highest BCUT2D eigenvalue weighted by Crippen LogP contribution is 1.94. The average molecular weight is 163 g/mol. The molecular formula is C10H13NO. The number of aliphatic hydroxyl groups excluding tert-OH is 1. The van der Waals surface area contributed by atoms with E-state index in [1.54, 1.807) is 6.08 Å². The maximum atomic E-state index is 8.87. The Balaban J connectivity index is 4.20. The third-order valence-corrected chi connectivity index (χ3v) is 1.05. The fourth-order valence-corrected chi connectivity index (χ4v) is 0.630. The predicted molar refractivity (Wildman–Crippen MR) is 51.3 cm³/mol. The number of hydrogen-bond acceptors (Lipinski definition) is 2. The summed E-state index contributed by atoms with van der Waals surface area (Å²) >= 11 is 0. The summed E-state index contributed by atoms with van der Waals surface area (Å²) in [5.74, 6) is 2.01. The zero-order valence-electron chi connectivity index (χ0n) is 7.39. The second-order valence-corrected chi connectivity index (χ2v) is 2.45. The van der Waals surface area contributed by atoms with E-state index < -0.39 is 0 Å². The van der Waals surface area contributed by atoms with Gasteiger partial charge in [0, 0.05) is 11.4 Å². The maximum absolute atomic E-state index is 8.87. The quantitative estimate of drug-likeness (QED) is 0.379. The molecule has 0 radical (unpaired) electrons. The molecule has 0 spiro atoms. The van der Waals surface area contributed by atoms with Crippen LogP contribution in [0.1, 0.15) is 13.8 Å². The molecule has 12 heavy (non-hydrogen) atoms. The van der Waals surface area contributed by atoms with Crippen LogP contribution in [0, 0.1) is 12.3 Å². The van der Waals surface area contributed by atoms with Crippen molar-refractivity contribution in [2.24, 2.45) is 0 Å². The summed E-state index contributed by atoms with van der Waals surface area (Å²) in [6, 6.07) is 0. The number of aliphatic hydroxyl groups is 1. The lowest BCUT2D eigenvalue weighted by molar-refractivity contribution is 0.438. The molecule has 0 fully saturated rings. The van der Waals surface area contributed by atoms with Gasteiger partial charge >= 0.3 is 0 Å². The monoisotopic (exact) mass is 163 g/mol. The molecule has 2 nitrogen and oxygen atoms in total. The standard InChI is InChI=1S/C10H13NO/c1-5-10(12)7-6-9(4)11-8(2)3/h1,6-7,11-12H,2H2,3-4H3/b9-6+,10-7-. The first kappa shape index (κ1) is 10.4. The molecule has 0 aromatic rings. The third-order valence-electron chi connectivity index (χ3n) is 1.05. The van der Waals surface area contributed by atoms with Crippen LogP contribution in [0.5, 0.6) is 0 Å². The smallest absolute Gasteiger partial charge is 0.166 e. The van der Waals surface area contributed by atoms with Crippen LogP contribution < -0.4 is 5.32 Å². The average Bonchev–Trinajstić information content (AvgIpc) is 1.99. The van der Waals surface area contributed by atoms with Gasteiger partial charge in [-0.3, -0.25) is 0 Å². The summed E-state index contributed by atoms with van der Waals surface area (Å²) in [6.07, 6.45) is 8.06. The molecule has 2 N–H and O–H groups in total. The minimum Gasteiger partial charge on any atom is -0.501 e. The van der Waals surface area contributed by atoms with E-state index >= 15 is 0 Å². The molecule has 0 saturated carbocycles. The Labute approximate surface area is 73.3 Å². The molecule has 0 aliphatic rings. The van der Waals surface area contributed by atoms with E-state index in [4.69, 9.17) is 11.5 Å². The normalized spacial score (nSPS) is 12.1. The topological polar surface area (TPSA) is 32.3 Å². The lowest BCUT2D eigenvalue weighted by Crippen LogP contribution is -2.05. The van der Waals surface area contributed by atoms with Gasteiger partial charge in [0.25, 0.3) is 0 Å². The SMILES string of the molecule is C#C/C(O)=C/C=C(\C)NC(=C)C. The molecule has 2 heteroatoms. The molecule has 0 amide bonds. The van der Waals surface area contributed by atoms with Gasteiger partial charge in [0.2, 0.25) is 0 Å². The first-order chi connectivity index (χ1) is 5.56. The van der Waals surface area contributed by atoms with Gasteiger partial charge in [-0.2, -0.15) is 0 Å². The highest BCUT2D eigenvalue weighted by molar-refractivity contribution is 5.24. The van der Waals surface area contributed by atoms with Crippen LogP contribution in [0.2, 0.25) is 0 Å². The Hall–Kier alpha value is -1.62. The molecular weight excluding hydrogens is 150 g/mol. The molecule has 0 bridgehead atoms. The molecule has 0 aliphatic heterocycles. The van der Waals surface area contributed by atoms with Gasteiger partial charge in [-0.1, -0.05) is 6.58 Å². The Morgan fingerprint density at radius 1 is 1.50 bits per heavy atom. The number of nitrogens with one attached hydrogen (secondary N) is 1. The van der Waals surface area contributed by atoms with Crippen molar-refractivity contribution in [2.45, 2.75) is 13.8 Å². The molecule has 64 valence electrons. The van der Waals surface area contributed by atoms with E-state index in [0.29, 0.717) is 0 Å². The Morgan fingerprint density at radius 2 is 2.08 bits per heavy atom. The molecule has 0 aliphatic carbocycles. The second-order valence-electron chi connectivity index (χ2n) is 2.45. The van der Waals surface area contributed by atoms with Crippen LogP contribution in [0.3, 0.4) is 0 Å². The molecule has 0 heterocycles.